The van der Waals surface area contributed by atoms with E-state index in [1.165, 1.54) is 0 Å². The van der Waals surface area contributed by atoms with Crippen LogP contribution in [0.1, 0.15) is 22.8 Å². The van der Waals surface area contributed by atoms with E-state index in [4.69, 9.17) is 14.2 Å². The second-order valence-electron chi connectivity index (χ2n) is 4.94. The van der Waals surface area contributed by atoms with E-state index in [0.717, 1.165) is 15.8 Å². The van der Waals surface area contributed by atoms with Crippen molar-refractivity contribution in [2.24, 2.45) is 0 Å². The van der Waals surface area contributed by atoms with Crippen LogP contribution in [0, 0.1) is 0 Å². The van der Waals surface area contributed by atoms with E-state index in [-0.39, 0.29) is 5.91 Å². The molecular formula is C18H20BrNO4. The van der Waals surface area contributed by atoms with Gasteiger partial charge in [-0.15, -0.1) is 0 Å². The molecule has 0 aliphatic heterocycles. The number of carbonyl (C=O) groups excluding carboxylic acids is 1. The molecule has 0 aromatic heterocycles. The molecule has 2 aromatic rings. The van der Waals surface area contributed by atoms with Crippen molar-refractivity contribution in [3.8, 4) is 17.2 Å². The van der Waals surface area contributed by atoms with Gasteiger partial charge in [-0.2, -0.15) is 0 Å². The third-order valence-electron chi connectivity index (χ3n) is 3.41. The van der Waals surface area contributed by atoms with Gasteiger partial charge in [0, 0.05) is 22.1 Å². The van der Waals surface area contributed by atoms with E-state index < -0.39 is 0 Å². The minimum Gasteiger partial charge on any atom is -0.496 e. The Kier molecular flexibility index (Phi) is 6.49. The molecule has 1 N–H and O–H groups in total. The fourth-order valence-electron chi connectivity index (χ4n) is 2.25. The number of carbonyl (C=O) groups is 1. The van der Waals surface area contributed by atoms with Crippen LogP contribution in [0.3, 0.4) is 0 Å². The third-order valence-corrected chi connectivity index (χ3v) is 3.90. The molecule has 0 fully saturated rings. The van der Waals surface area contributed by atoms with Crippen molar-refractivity contribution in [3.63, 3.8) is 0 Å². The molecule has 5 nitrogen and oxygen atoms in total. The lowest BCUT2D eigenvalue weighted by atomic mass is 10.1. The van der Waals surface area contributed by atoms with Crippen molar-refractivity contribution in [1.29, 1.82) is 0 Å². The van der Waals surface area contributed by atoms with Gasteiger partial charge in [-0.1, -0.05) is 15.9 Å². The summed E-state index contributed by atoms with van der Waals surface area (Å²) in [5, 5.41) is 2.88. The minimum atomic E-state index is -0.196. The Labute approximate surface area is 150 Å². The Morgan fingerprint density at radius 2 is 1.75 bits per heavy atom. The molecule has 128 valence electrons. The monoisotopic (exact) mass is 393 g/mol. The van der Waals surface area contributed by atoms with Crippen LogP contribution in [-0.2, 0) is 6.54 Å². The summed E-state index contributed by atoms with van der Waals surface area (Å²) in [6.45, 7) is 2.78. The number of amides is 1. The van der Waals surface area contributed by atoms with Gasteiger partial charge in [0.2, 0.25) is 0 Å². The van der Waals surface area contributed by atoms with Crippen molar-refractivity contribution in [1.82, 2.24) is 5.32 Å². The molecule has 0 aliphatic rings. The van der Waals surface area contributed by atoms with Crippen LogP contribution >= 0.6 is 15.9 Å². The lowest BCUT2D eigenvalue weighted by Gasteiger charge is -2.12. The van der Waals surface area contributed by atoms with Crippen LogP contribution in [0.2, 0.25) is 0 Å². The summed E-state index contributed by atoms with van der Waals surface area (Å²) in [7, 11) is 3.15. The van der Waals surface area contributed by atoms with Gasteiger partial charge in [-0.25, -0.2) is 0 Å². The molecule has 24 heavy (non-hydrogen) atoms. The quantitative estimate of drug-likeness (QED) is 0.777. The number of halogens is 1. The summed E-state index contributed by atoms with van der Waals surface area (Å²) in [4.78, 5) is 12.4. The highest BCUT2D eigenvalue weighted by Crippen LogP contribution is 2.28. The molecule has 0 bridgehead atoms. The summed E-state index contributed by atoms with van der Waals surface area (Å²) in [6.07, 6.45) is 0. The molecular weight excluding hydrogens is 374 g/mol. The van der Waals surface area contributed by atoms with Crippen molar-refractivity contribution in [2.75, 3.05) is 20.8 Å². The van der Waals surface area contributed by atoms with Crippen LogP contribution in [0.15, 0.2) is 40.9 Å². The second kappa shape index (κ2) is 8.59. The van der Waals surface area contributed by atoms with Gasteiger partial charge in [0.05, 0.1) is 20.8 Å². The smallest absolute Gasteiger partial charge is 0.251 e. The maximum absolute atomic E-state index is 12.4. The highest BCUT2D eigenvalue weighted by Gasteiger charge is 2.12. The highest BCUT2D eigenvalue weighted by molar-refractivity contribution is 9.10. The largest absolute Gasteiger partial charge is 0.496 e. The van der Waals surface area contributed by atoms with Crippen molar-refractivity contribution in [3.05, 3.63) is 52.0 Å². The molecule has 0 aliphatic carbocycles. The van der Waals surface area contributed by atoms with E-state index in [0.29, 0.717) is 30.2 Å². The van der Waals surface area contributed by atoms with Crippen LogP contribution in [-0.4, -0.2) is 26.7 Å². The number of ether oxygens (including phenoxy) is 3. The van der Waals surface area contributed by atoms with Crippen LogP contribution < -0.4 is 19.5 Å². The first-order valence-corrected chi connectivity index (χ1v) is 8.29. The number of methoxy groups -OCH3 is 2. The van der Waals surface area contributed by atoms with Gasteiger partial charge in [-0.05, 0) is 43.3 Å². The molecule has 0 spiro atoms. The van der Waals surface area contributed by atoms with Gasteiger partial charge in [0.1, 0.15) is 5.75 Å². The van der Waals surface area contributed by atoms with Crippen molar-refractivity contribution >= 4 is 21.8 Å². The maximum Gasteiger partial charge on any atom is 0.251 e. The molecule has 0 unspecified atom stereocenters. The third kappa shape index (κ3) is 4.41. The van der Waals surface area contributed by atoms with Crippen molar-refractivity contribution in [2.45, 2.75) is 13.5 Å². The second-order valence-corrected chi connectivity index (χ2v) is 5.85. The molecule has 0 heterocycles. The van der Waals surface area contributed by atoms with E-state index in [9.17, 15) is 4.79 Å². The number of benzene rings is 2. The fourth-order valence-corrected chi connectivity index (χ4v) is 2.65. The summed E-state index contributed by atoms with van der Waals surface area (Å²) in [5.41, 5.74) is 1.39. The van der Waals surface area contributed by atoms with Crippen molar-refractivity contribution < 1.29 is 19.0 Å². The fraction of sp³-hybridized carbons (Fsp3) is 0.278. The first-order chi connectivity index (χ1) is 11.6. The van der Waals surface area contributed by atoms with Gasteiger partial charge in [0.15, 0.2) is 11.5 Å². The summed E-state index contributed by atoms with van der Waals surface area (Å²) in [5.74, 6) is 1.68. The lowest BCUT2D eigenvalue weighted by molar-refractivity contribution is 0.0950. The van der Waals surface area contributed by atoms with Crippen LogP contribution in [0.4, 0.5) is 0 Å². The molecule has 6 heteroatoms. The minimum absolute atomic E-state index is 0.196. The molecule has 2 aromatic carbocycles. The maximum atomic E-state index is 12.4. The van der Waals surface area contributed by atoms with E-state index >= 15 is 0 Å². The molecule has 1 amide bonds. The summed E-state index contributed by atoms with van der Waals surface area (Å²) >= 11 is 3.42. The Balaban J connectivity index is 2.11. The van der Waals surface area contributed by atoms with Gasteiger partial charge in [-0.3, -0.25) is 4.79 Å². The number of rotatable bonds is 7. The molecule has 0 radical (unpaired) electrons. The topological polar surface area (TPSA) is 56.8 Å². The van der Waals surface area contributed by atoms with E-state index in [1.807, 2.05) is 25.1 Å². The summed E-state index contributed by atoms with van der Waals surface area (Å²) < 4.78 is 17.0. The van der Waals surface area contributed by atoms with Crippen LogP contribution in [0.5, 0.6) is 17.2 Å². The Morgan fingerprint density at radius 1 is 1.04 bits per heavy atom. The normalized spacial score (nSPS) is 10.2. The Hall–Kier alpha value is -2.21. The lowest BCUT2D eigenvalue weighted by Crippen LogP contribution is -2.23. The zero-order valence-electron chi connectivity index (χ0n) is 13.9. The molecule has 0 saturated carbocycles. The van der Waals surface area contributed by atoms with Gasteiger partial charge in [0.25, 0.3) is 5.91 Å². The predicted octanol–water partition coefficient (Wildman–Crippen LogP) is 3.80. The van der Waals surface area contributed by atoms with E-state index in [2.05, 4.69) is 21.2 Å². The SMILES string of the molecule is CCOc1ccc(C(=O)NCc2cc(Br)ccc2OC)cc1OC. The molecule has 2 rings (SSSR count). The zero-order valence-corrected chi connectivity index (χ0v) is 15.5. The standard InChI is InChI=1S/C18H20BrNO4/c1-4-24-16-7-5-12(10-17(16)23-3)18(21)20-11-13-9-14(19)6-8-15(13)22-2/h5-10H,4,11H2,1-3H3,(H,20,21). The average molecular weight is 394 g/mol. The van der Waals surface area contributed by atoms with Gasteiger partial charge < -0.3 is 19.5 Å². The molecule has 0 atom stereocenters. The number of hydrogen-bond acceptors (Lipinski definition) is 4. The number of nitrogens with one attached hydrogen (secondary N) is 1. The first kappa shape index (κ1) is 18.1. The Morgan fingerprint density at radius 3 is 2.42 bits per heavy atom. The number of hydrogen-bond donors (Lipinski definition) is 1. The Bertz CT molecular complexity index is 718. The molecule has 0 saturated heterocycles. The highest BCUT2D eigenvalue weighted by atomic mass is 79.9. The average Bonchev–Trinajstić information content (AvgIpc) is 2.60. The zero-order chi connectivity index (χ0) is 17.5. The first-order valence-electron chi connectivity index (χ1n) is 7.50. The van der Waals surface area contributed by atoms with Crippen LogP contribution in [0.25, 0.3) is 0 Å². The van der Waals surface area contributed by atoms with Gasteiger partial charge >= 0.3 is 0 Å². The summed E-state index contributed by atoms with van der Waals surface area (Å²) in [6, 6.07) is 10.8. The predicted molar refractivity (Wildman–Crippen MR) is 96.0 cm³/mol. The van der Waals surface area contributed by atoms with E-state index in [1.54, 1.807) is 32.4 Å².